The lowest BCUT2D eigenvalue weighted by Gasteiger charge is -2.45. The normalized spacial score (nSPS) is 32.3. The van der Waals surface area contributed by atoms with Crippen LogP contribution >= 0.6 is 11.8 Å². The number of piperazine rings is 1. The largest absolute Gasteiger partial charge is 0.341 e. The summed E-state index contributed by atoms with van der Waals surface area (Å²) in [6, 6.07) is 0.228. The molecule has 5 heteroatoms. The van der Waals surface area contributed by atoms with Crippen LogP contribution in [0, 0.1) is 0 Å². The second-order valence-electron chi connectivity index (χ2n) is 5.73. The summed E-state index contributed by atoms with van der Waals surface area (Å²) in [5.41, 5.74) is -0.754. The fourth-order valence-electron chi connectivity index (χ4n) is 3.00. The molecule has 1 saturated carbocycles. The average Bonchev–Trinajstić information content (AvgIpc) is 2.33. The van der Waals surface area contributed by atoms with Crippen molar-refractivity contribution in [3.05, 3.63) is 0 Å². The quantitative estimate of drug-likeness (QED) is 0.825. The average molecular weight is 270 g/mol. The van der Waals surface area contributed by atoms with Gasteiger partial charge in [-0.05, 0) is 32.9 Å². The fourth-order valence-corrected chi connectivity index (χ4v) is 4.00. The first kappa shape index (κ1) is 13.7. The van der Waals surface area contributed by atoms with Crippen LogP contribution in [0.5, 0.6) is 0 Å². The van der Waals surface area contributed by atoms with E-state index in [1.807, 2.05) is 16.7 Å². The molecule has 1 saturated heterocycles. The van der Waals surface area contributed by atoms with E-state index >= 15 is 0 Å². The Kier molecular flexibility index (Phi) is 3.90. The van der Waals surface area contributed by atoms with Crippen molar-refractivity contribution in [3.63, 3.8) is 0 Å². The molecule has 0 bridgehead atoms. The van der Waals surface area contributed by atoms with Crippen LogP contribution in [0.2, 0.25) is 0 Å². The molecule has 2 unspecified atom stereocenters. The minimum atomic E-state index is -0.754. The molecule has 4 nitrogen and oxygen atoms in total. The molecule has 2 amide bonds. The van der Waals surface area contributed by atoms with Gasteiger partial charge < -0.3 is 10.2 Å². The molecule has 0 aromatic heterocycles. The van der Waals surface area contributed by atoms with Gasteiger partial charge in [-0.2, -0.15) is 11.8 Å². The summed E-state index contributed by atoms with van der Waals surface area (Å²) in [7, 11) is 0. The third kappa shape index (κ3) is 2.51. The topological polar surface area (TPSA) is 49.4 Å². The predicted molar refractivity (Wildman–Crippen MR) is 73.5 cm³/mol. The number of rotatable bonds is 2. The Balaban J connectivity index is 2.19. The van der Waals surface area contributed by atoms with Crippen molar-refractivity contribution in [1.82, 2.24) is 10.2 Å². The molecule has 102 valence electrons. The molecule has 0 aromatic rings. The van der Waals surface area contributed by atoms with Crippen molar-refractivity contribution in [3.8, 4) is 0 Å². The first-order chi connectivity index (χ1) is 8.45. The van der Waals surface area contributed by atoms with E-state index in [-0.39, 0.29) is 24.4 Å². The Hall–Kier alpha value is -0.710. The van der Waals surface area contributed by atoms with E-state index in [2.05, 4.69) is 11.6 Å². The van der Waals surface area contributed by atoms with Crippen LogP contribution in [0.3, 0.4) is 0 Å². The van der Waals surface area contributed by atoms with E-state index in [0.717, 1.165) is 19.3 Å². The molecule has 1 N–H and O–H groups in total. The first-order valence-corrected chi connectivity index (χ1v) is 7.89. The summed E-state index contributed by atoms with van der Waals surface area (Å²) in [6.07, 6.45) is 6.67. The van der Waals surface area contributed by atoms with E-state index in [1.54, 1.807) is 13.8 Å². The number of amides is 2. The second kappa shape index (κ2) is 5.11. The maximum absolute atomic E-state index is 12.5. The molecule has 2 fully saturated rings. The zero-order valence-corrected chi connectivity index (χ0v) is 12.2. The molecule has 2 aliphatic rings. The molecule has 2 rings (SSSR count). The van der Waals surface area contributed by atoms with Gasteiger partial charge in [-0.15, -0.1) is 0 Å². The van der Waals surface area contributed by atoms with E-state index < -0.39 is 5.54 Å². The Labute approximate surface area is 113 Å². The number of hydrogen-bond donors (Lipinski definition) is 1. The maximum Gasteiger partial charge on any atom is 0.248 e. The summed E-state index contributed by atoms with van der Waals surface area (Å²) in [4.78, 5) is 26.0. The Morgan fingerprint density at radius 2 is 1.94 bits per heavy atom. The van der Waals surface area contributed by atoms with Crippen molar-refractivity contribution in [1.29, 1.82) is 0 Å². The van der Waals surface area contributed by atoms with Crippen LogP contribution in [0.1, 0.15) is 39.5 Å². The van der Waals surface area contributed by atoms with E-state index in [9.17, 15) is 9.59 Å². The first-order valence-electron chi connectivity index (χ1n) is 6.60. The zero-order chi connectivity index (χ0) is 13.3. The van der Waals surface area contributed by atoms with Crippen molar-refractivity contribution >= 4 is 23.6 Å². The predicted octanol–water partition coefficient (Wildman–Crippen LogP) is 1.40. The van der Waals surface area contributed by atoms with Crippen LogP contribution in [-0.2, 0) is 9.59 Å². The van der Waals surface area contributed by atoms with Crippen molar-refractivity contribution in [2.24, 2.45) is 0 Å². The number of hydrogen-bond acceptors (Lipinski definition) is 3. The summed E-state index contributed by atoms with van der Waals surface area (Å²) >= 11 is 1.83. The van der Waals surface area contributed by atoms with E-state index in [1.165, 1.54) is 6.42 Å². The van der Waals surface area contributed by atoms with Crippen LogP contribution < -0.4 is 5.32 Å². The highest BCUT2D eigenvalue weighted by Gasteiger charge is 2.44. The summed E-state index contributed by atoms with van der Waals surface area (Å²) in [6.45, 7) is 3.80. The summed E-state index contributed by atoms with van der Waals surface area (Å²) < 4.78 is 0. The highest BCUT2D eigenvalue weighted by atomic mass is 32.2. The van der Waals surface area contributed by atoms with Crippen molar-refractivity contribution in [2.75, 3.05) is 12.8 Å². The molecular weight excluding hydrogens is 248 g/mol. The number of nitrogens with zero attached hydrogens (tertiary/aromatic N) is 1. The molecule has 1 aliphatic heterocycles. The van der Waals surface area contributed by atoms with Crippen molar-refractivity contribution < 1.29 is 9.59 Å². The number of carbonyl (C=O) groups is 2. The van der Waals surface area contributed by atoms with Crippen LogP contribution in [-0.4, -0.2) is 46.3 Å². The molecule has 2 atom stereocenters. The number of nitrogens with one attached hydrogen (secondary N) is 1. The van der Waals surface area contributed by atoms with Gasteiger partial charge >= 0.3 is 0 Å². The minimum Gasteiger partial charge on any atom is -0.341 e. The monoisotopic (exact) mass is 270 g/mol. The summed E-state index contributed by atoms with van der Waals surface area (Å²) in [5.74, 6) is 0.0260. The molecular formula is C13H22N2O2S. The van der Waals surface area contributed by atoms with Gasteiger partial charge in [0.15, 0.2) is 0 Å². The second-order valence-corrected chi connectivity index (χ2v) is 6.81. The molecule has 1 heterocycles. The van der Waals surface area contributed by atoms with Gasteiger partial charge in [0, 0.05) is 11.3 Å². The standard InChI is InChI=1S/C13H22N2O2S/c1-13(2)12(17)15(8-11(16)14-13)9-6-4-5-7-10(9)18-3/h9-10H,4-8H2,1-3H3,(H,14,16). The van der Waals surface area contributed by atoms with Gasteiger partial charge in [0.1, 0.15) is 5.54 Å². The lowest BCUT2D eigenvalue weighted by Crippen LogP contribution is -2.67. The van der Waals surface area contributed by atoms with Gasteiger partial charge in [0.05, 0.1) is 6.54 Å². The SMILES string of the molecule is CSC1CCCCC1N1CC(=O)NC(C)(C)C1=O. The maximum atomic E-state index is 12.5. The van der Waals surface area contributed by atoms with Gasteiger partial charge in [-0.25, -0.2) is 0 Å². The van der Waals surface area contributed by atoms with Crippen LogP contribution in [0.25, 0.3) is 0 Å². The van der Waals surface area contributed by atoms with Gasteiger partial charge in [-0.1, -0.05) is 12.8 Å². The van der Waals surface area contributed by atoms with E-state index in [0.29, 0.717) is 5.25 Å². The summed E-state index contributed by atoms with van der Waals surface area (Å²) in [5, 5.41) is 3.25. The molecule has 0 spiro atoms. The van der Waals surface area contributed by atoms with Gasteiger partial charge in [0.2, 0.25) is 11.8 Å². The number of thioether (sulfide) groups is 1. The lowest BCUT2D eigenvalue weighted by molar-refractivity contribution is -0.151. The lowest BCUT2D eigenvalue weighted by atomic mass is 9.90. The third-order valence-corrected chi connectivity index (χ3v) is 5.09. The van der Waals surface area contributed by atoms with Gasteiger partial charge in [0.25, 0.3) is 0 Å². The Bertz CT molecular complexity index is 357. The van der Waals surface area contributed by atoms with Gasteiger partial charge in [-0.3, -0.25) is 9.59 Å². The van der Waals surface area contributed by atoms with Crippen LogP contribution in [0.4, 0.5) is 0 Å². The highest BCUT2D eigenvalue weighted by molar-refractivity contribution is 7.99. The molecule has 0 radical (unpaired) electrons. The molecule has 18 heavy (non-hydrogen) atoms. The smallest absolute Gasteiger partial charge is 0.248 e. The zero-order valence-electron chi connectivity index (χ0n) is 11.4. The molecule has 1 aliphatic carbocycles. The van der Waals surface area contributed by atoms with E-state index in [4.69, 9.17) is 0 Å². The highest BCUT2D eigenvalue weighted by Crippen LogP contribution is 2.32. The molecule has 0 aromatic carbocycles. The fraction of sp³-hybridized carbons (Fsp3) is 0.846. The number of carbonyl (C=O) groups excluding carboxylic acids is 2. The van der Waals surface area contributed by atoms with Crippen LogP contribution in [0.15, 0.2) is 0 Å². The minimum absolute atomic E-state index is 0.0370. The Morgan fingerprint density at radius 3 is 2.61 bits per heavy atom. The third-order valence-electron chi connectivity index (χ3n) is 3.93. The van der Waals surface area contributed by atoms with Crippen molar-refractivity contribution in [2.45, 2.75) is 56.4 Å². The Morgan fingerprint density at radius 1 is 1.28 bits per heavy atom.